The molecule has 600 valence electrons. The van der Waals surface area contributed by atoms with E-state index in [4.69, 9.17) is 0 Å². The number of urea groups is 4. The predicted octanol–water partition coefficient (Wildman–Crippen LogP) is 20.1. The number of aromatic hydroxyl groups is 8. The van der Waals surface area contributed by atoms with Crippen molar-refractivity contribution in [3.8, 4) is 46.0 Å². The molecule has 0 radical (unpaired) electrons. The molecule has 8 aromatic rings. The van der Waals surface area contributed by atoms with E-state index < -0.39 is 166 Å². The number of benzene rings is 8. The number of carbonyl (C=O) groups is 4. The van der Waals surface area contributed by atoms with Crippen molar-refractivity contribution in [1.29, 1.82) is 0 Å². The number of fused-ring (bicyclic) bond motifs is 8. The van der Waals surface area contributed by atoms with Crippen LogP contribution in [0.4, 0.5) is 19.2 Å². The average molecular weight is 1530 g/mol. The molecule has 1 aliphatic rings. The first-order chi connectivity index (χ1) is 52.5. The van der Waals surface area contributed by atoms with E-state index in [0.717, 1.165) is 22.3 Å². The van der Waals surface area contributed by atoms with Gasteiger partial charge in [0.1, 0.15) is 46.0 Å². The number of rotatable bonds is 20. The molecule has 0 aromatic heterocycles. The summed E-state index contributed by atoms with van der Waals surface area (Å²) in [7, 11) is 0. The molecule has 0 fully saturated rings. The van der Waals surface area contributed by atoms with E-state index in [1.807, 2.05) is 260 Å². The largest absolute Gasteiger partial charge is 0.507 e. The summed E-state index contributed by atoms with van der Waals surface area (Å²) >= 11 is 0. The van der Waals surface area contributed by atoms with Crippen molar-refractivity contribution in [3.63, 3.8) is 0 Å². The Morgan fingerprint density at radius 2 is 0.429 bits per heavy atom. The fourth-order valence-corrected chi connectivity index (χ4v) is 15.6. The predicted molar refractivity (Wildman–Crippen MR) is 442 cm³/mol. The van der Waals surface area contributed by atoms with Crippen LogP contribution in [0.25, 0.3) is 0 Å². The highest BCUT2D eigenvalue weighted by Crippen LogP contribution is 2.57. The van der Waals surface area contributed by atoms with Crippen molar-refractivity contribution in [2.75, 3.05) is 0 Å². The number of hydrogen-bond donors (Lipinski definition) is 12. The molecule has 8 bridgehead atoms. The zero-order chi connectivity index (χ0) is 82.5. The normalized spacial score (nSPS) is 16.2. The number of phenolic OH excluding ortho intramolecular Hbond substituents is 8. The van der Waals surface area contributed by atoms with E-state index >= 15 is 19.2 Å². The maximum atomic E-state index is 15.2. The quantitative estimate of drug-likeness (QED) is 0.0339. The lowest BCUT2D eigenvalue weighted by molar-refractivity contribution is 0.164. The molecule has 8 aromatic carbocycles. The van der Waals surface area contributed by atoms with E-state index in [1.54, 1.807) is 24.3 Å². The minimum atomic E-state index is -1.10. The van der Waals surface area contributed by atoms with Crippen LogP contribution in [0.15, 0.2) is 146 Å². The lowest BCUT2D eigenvalue weighted by atomic mass is 9.75. The monoisotopic (exact) mass is 1530 g/mol. The van der Waals surface area contributed by atoms with Gasteiger partial charge < -0.3 is 81.7 Å². The highest BCUT2D eigenvalue weighted by Gasteiger charge is 2.41. The van der Waals surface area contributed by atoms with Gasteiger partial charge in [0, 0.05) is 90.3 Å². The third-order valence-corrected chi connectivity index (χ3v) is 21.6. The molecule has 9 rings (SSSR count). The van der Waals surface area contributed by atoms with Gasteiger partial charge >= 0.3 is 24.1 Å². The number of phenols is 8. The summed E-state index contributed by atoms with van der Waals surface area (Å²) in [5.41, 5.74) is 0.624. The summed E-state index contributed by atoms with van der Waals surface area (Å²) in [6.07, 6.45) is 0.385. The van der Waals surface area contributed by atoms with Crippen LogP contribution in [0.5, 0.6) is 46.0 Å². The van der Waals surface area contributed by atoms with E-state index in [-0.39, 0.29) is 92.4 Å². The molecule has 1 aliphatic carbocycles. The Morgan fingerprint density at radius 3 is 0.554 bits per heavy atom. The van der Waals surface area contributed by atoms with Crippen molar-refractivity contribution in [3.05, 3.63) is 235 Å². The fraction of sp³-hybridized carbons (Fsp3) is 0.435. The van der Waals surface area contributed by atoms with Gasteiger partial charge in [-0.05, 0) is 183 Å². The molecule has 4 atom stereocenters. The SMILES string of the molecule is CCC1c2cc(c(O)c(CN(C(=O)NC(C)(C)C)[C@H](C)c3ccccc3)c2O)C(CC)c2cc(c(O)c(CN(C(=O)NC(C)(C)C)[C@H](C)c3ccccc3)c2O)C(CC)c2cc(c(O)c(CN(C(=O)NC(C)(C)C)[C@H](C)c3ccccc3)c2O)C(CC)c2cc1c(O)c(CN(C(=O)NC(C)(C)C)[C@H](C)c1ccccc1)c2O. The molecule has 0 unspecified atom stereocenters. The Morgan fingerprint density at radius 1 is 0.286 bits per heavy atom. The topological polar surface area (TPSA) is 291 Å². The highest BCUT2D eigenvalue weighted by molar-refractivity contribution is 5.79. The molecular weight excluding hydrogens is 1410 g/mol. The lowest BCUT2D eigenvalue weighted by Crippen LogP contribution is -2.49. The van der Waals surface area contributed by atoms with Gasteiger partial charge in [-0.3, -0.25) is 0 Å². The molecule has 20 heteroatoms. The Labute approximate surface area is 662 Å². The molecule has 0 heterocycles. The van der Waals surface area contributed by atoms with Crippen molar-refractivity contribution >= 4 is 24.1 Å². The maximum Gasteiger partial charge on any atom is 0.318 e. The first kappa shape index (κ1) is 85.2. The second-order valence-electron chi connectivity index (χ2n) is 34.3. The minimum Gasteiger partial charge on any atom is -0.507 e. The van der Waals surface area contributed by atoms with E-state index in [2.05, 4.69) is 21.3 Å². The van der Waals surface area contributed by atoms with Crippen LogP contribution in [-0.4, -0.2) is 107 Å². The summed E-state index contributed by atoms with van der Waals surface area (Å²) in [6.45, 7) is 35.2. The second-order valence-corrected chi connectivity index (χ2v) is 34.3. The third kappa shape index (κ3) is 18.9. The number of amides is 8. The number of hydrogen-bond acceptors (Lipinski definition) is 12. The van der Waals surface area contributed by atoms with Crippen molar-refractivity contribution < 1.29 is 60.0 Å². The zero-order valence-corrected chi connectivity index (χ0v) is 69.1. The molecule has 0 aliphatic heterocycles. The van der Waals surface area contributed by atoms with Crippen LogP contribution in [0.3, 0.4) is 0 Å². The van der Waals surface area contributed by atoms with Crippen molar-refractivity contribution in [2.24, 2.45) is 0 Å². The van der Waals surface area contributed by atoms with Gasteiger partial charge in [-0.1, -0.05) is 149 Å². The summed E-state index contributed by atoms with van der Waals surface area (Å²) in [6, 6.07) is 38.9. The standard InChI is InChI=1S/C92H120N8O12/c1-21-61-65-45-67(79(103)73(77(65)101)49-97(85(109)93-89(9,10)11)53(5)57-37-29-25-30-38-57)62(22-2)69-47-71(83(107)75(81(69)105)51-99(87(111)95-91(15,16)17)55(7)59-41-33-27-34-42-59)64(24-4)72-48-70(82(106)76(84(72)108)52-100(88(112)96-92(18,19)20)56(8)60-43-35-28-36-44-60)63(23-3)68-46-66(61)78(102)74(80(68)104)50-98(86(110)94-90(12,13)14)54(6)58-39-31-26-32-40-58/h25-48,53-56,61-64,101-108H,21-24,49-52H2,1-20H3,(H,93,109)(H,94,110)(H,95,111)(H,96,112)/t53-,54-,55-,56-,61?,62?,63?,64?/m1/s1. The van der Waals surface area contributed by atoms with E-state index in [1.165, 1.54) is 19.6 Å². The number of nitrogens with zero attached hydrogens (tertiary/aromatic N) is 4. The smallest absolute Gasteiger partial charge is 0.318 e. The summed E-state index contributed by atoms with van der Waals surface area (Å²) in [5.74, 6) is -7.97. The average Bonchev–Trinajstić information content (AvgIpc) is 0.734. The first-order valence-electron chi connectivity index (χ1n) is 39.4. The first-order valence-corrected chi connectivity index (χ1v) is 39.4. The summed E-state index contributed by atoms with van der Waals surface area (Å²) in [4.78, 5) is 66.9. The van der Waals surface area contributed by atoms with Gasteiger partial charge in [-0.15, -0.1) is 0 Å². The molecule has 8 amide bonds. The van der Waals surface area contributed by atoms with Crippen LogP contribution >= 0.6 is 0 Å². The Bertz CT molecular complexity index is 3960. The van der Waals surface area contributed by atoms with Crippen LogP contribution in [-0.2, 0) is 26.2 Å². The zero-order valence-electron chi connectivity index (χ0n) is 69.1. The van der Waals surface area contributed by atoms with Crippen LogP contribution < -0.4 is 21.3 Å². The van der Waals surface area contributed by atoms with Gasteiger partial charge in [-0.2, -0.15) is 0 Å². The Hall–Kier alpha value is -10.8. The van der Waals surface area contributed by atoms with E-state index in [0.29, 0.717) is 0 Å². The summed E-state index contributed by atoms with van der Waals surface area (Å²) in [5, 5.41) is 122. The number of nitrogens with one attached hydrogen (secondary N) is 4. The molecule has 112 heavy (non-hydrogen) atoms. The molecular formula is C92H120N8O12. The highest BCUT2D eigenvalue weighted by atomic mass is 16.3. The van der Waals surface area contributed by atoms with Gasteiger partial charge in [0.05, 0.1) is 72.6 Å². The second kappa shape index (κ2) is 34.5. The number of carbonyl (C=O) groups excluding carboxylic acids is 4. The van der Waals surface area contributed by atoms with Crippen molar-refractivity contribution in [2.45, 2.75) is 260 Å². The van der Waals surface area contributed by atoms with Crippen molar-refractivity contribution in [1.82, 2.24) is 40.9 Å². The minimum absolute atomic E-state index is 0.0963. The maximum absolute atomic E-state index is 15.2. The van der Waals surface area contributed by atoms with Crippen LogP contribution in [0.2, 0.25) is 0 Å². The third-order valence-electron chi connectivity index (χ3n) is 21.6. The van der Waals surface area contributed by atoms with Gasteiger partial charge in [0.25, 0.3) is 0 Å². The van der Waals surface area contributed by atoms with Crippen LogP contribution in [0, 0.1) is 0 Å². The van der Waals surface area contributed by atoms with E-state index in [9.17, 15) is 40.9 Å². The van der Waals surface area contributed by atoms with Crippen LogP contribution in [0.1, 0.15) is 301 Å². The fourth-order valence-electron chi connectivity index (χ4n) is 15.6. The Kier molecular flexibility index (Phi) is 26.2. The Balaban J connectivity index is 1.49. The lowest BCUT2D eigenvalue weighted by Gasteiger charge is -2.36. The molecule has 20 nitrogen and oxygen atoms in total. The molecule has 0 spiro atoms. The van der Waals surface area contributed by atoms with Gasteiger partial charge in [0.15, 0.2) is 0 Å². The van der Waals surface area contributed by atoms with Gasteiger partial charge in [0.2, 0.25) is 0 Å². The summed E-state index contributed by atoms with van der Waals surface area (Å²) < 4.78 is 0. The molecule has 0 saturated carbocycles. The van der Waals surface area contributed by atoms with Gasteiger partial charge in [-0.25, -0.2) is 19.2 Å². The molecule has 0 saturated heterocycles. The molecule has 12 N–H and O–H groups in total.